The van der Waals surface area contributed by atoms with E-state index < -0.39 is 0 Å². The van der Waals surface area contributed by atoms with Crippen LogP contribution in [0.15, 0.2) is 36.4 Å². The van der Waals surface area contributed by atoms with Crippen LogP contribution in [-0.4, -0.2) is 25.9 Å². The van der Waals surface area contributed by atoms with Gasteiger partial charge < -0.3 is 14.8 Å². The number of benzene rings is 2. The molecule has 0 unspecified atom stereocenters. The van der Waals surface area contributed by atoms with Gasteiger partial charge in [-0.05, 0) is 36.2 Å². The smallest absolute Gasteiger partial charge is 0.230 e. The van der Waals surface area contributed by atoms with E-state index in [-0.39, 0.29) is 23.5 Å². The number of ether oxygens (including phenoxy) is 2. The molecule has 4 nitrogen and oxygen atoms in total. The zero-order valence-electron chi connectivity index (χ0n) is 15.6. The highest BCUT2D eigenvalue weighted by Crippen LogP contribution is 2.31. The van der Waals surface area contributed by atoms with Crippen molar-refractivity contribution in [1.82, 2.24) is 5.32 Å². The third kappa shape index (κ3) is 5.78. The number of nitrogens with one attached hydrogen (secondary N) is 1. The molecular weight excluding hydrogens is 389 g/mol. The van der Waals surface area contributed by atoms with Gasteiger partial charge in [0.1, 0.15) is 5.82 Å². The molecule has 7 heteroatoms. The Balaban J connectivity index is 1.95. The van der Waals surface area contributed by atoms with E-state index in [0.717, 1.165) is 12.0 Å². The minimum atomic E-state index is -0.354. The maximum atomic E-state index is 13.8. The minimum Gasteiger partial charge on any atom is -0.493 e. The standard InChI is InChI=1S/C20H23ClFNO3S/c1-4-17(13-8-9-18(25-2)19(10-13)26-3)23-20(24)12-27-11-14-15(21)6-5-7-16(14)22/h5-10,17H,4,11-12H2,1-3H3,(H,23,24)/t17-/m0/s1. The lowest BCUT2D eigenvalue weighted by Gasteiger charge is -2.19. The molecule has 0 spiro atoms. The molecule has 27 heavy (non-hydrogen) atoms. The van der Waals surface area contributed by atoms with Crippen molar-refractivity contribution in [2.24, 2.45) is 0 Å². The van der Waals surface area contributed by atoms with E-state index >= 15 is 0 Å². The van der Waals surface area contributed by atoms with E-state index in [1.54, 1.807) is 26.4 Å². The average molecular weight is 412 g/mol. The predicted molar refractivity (Wildman–Crippen MR) is 108 cm³/mol. The van der Waals surface area contributed by atoms with Crippen LogP contribution in [0.3, 0.4) is 0 Å². The zero-order valence-corrected chi connectivity index (χ0v) is 17.1. The third-order valence-corrected chi connectivity index (χ3v) is 5.41. The summed E-state index contributed by atoms with van der Waals surface area (Å²) in [5.41, 5.74) is 1.36. The second-order valence-corrected chi connectivity index (χ2v) is 7.23. The normalized spacial score (nSPS) is 11.7. The number of rotatable bonds is 9. The number of hydrogen-bond donors (Lipinski definition) is 1. The molecule has 2 rings (SSSR count). The zero-order chi connectivity index (χ0) is 19.8. The monoisotopic (exact) mass is 411 g/mol. The summed E-state index contributed by atoms with van der Waals surface area (Å²) in [4.78, 5) is 12.3. The summed E-state index contributed by atoms with van der Waals surface area (Å²) >= 11 is 7.33. The fraction of sp³-hybridized carbons (Fsp3) is 0.350. The lowest BCUT2D eigenvalue weighted by atomic mass is 10.0. The highest BCUT2D eigenvalue weighted by Gasteiger charge is 2.16. The van der Waals surface area contributed by atoms with E-state index in [4.69, 9.17) is 21.1 Å². The number of halogens is 2. The summed E-state index contributed by atoms with van der Waals surface area (Å²) in [7, 11) is 3.15. The number of thioether (sulfide) groups is 1. The van der Waals surface area contributed by atoms with Gasteiger partial charge in [0, 0.05) is 16.3 Å². The van der Waals surface area contributed by atoms with Crippen molar-refractivity contribution in [2.45, 2.75) is 25.1 Å². The van der Waals surface area contributed by atoms with Gasteiger partial charge in [0.25, 0.3) is 0 Å². The van der Waals surface area contributed by atoms with Crippen molar-refractivity contribution < 1.29 is 18.7 Å². The summed E-state index contributed by atoms with van der Waals surface area (Å²) < 4.78 is 24.3. The molecule has 0 saturated carbocycles. The van der Waals surface area contributed by atoms with E-state index in [1.165, 1.54) is 17.8 Å². The molecule has 2 aromatic carbocycles. The molecule has 0 aliphatic carbocycles. The molecule has 0 aliphatic rings. The van der Waals surface area contributed by atoms with E-state index in [9.17, 15) is 9.18 Å². The fourth-order valence-corrected chi connectivity index (χ4v) is 3.82. The molecule has 0 radical (unpaired) electrons. The molecule has 0 bridgehead atoms. The van der Waals surface area contributed by atoms with Gasteiger partial charge in [0.2, 0.25) is 5.91 Å². The number of carbonyl (C=O) groups excluding carboxylic acids is 1. The summed E-state index contributed by atoms with van der Waals surface area (Å²) in [6.07, 6.45) is 0.727. The van der Waals surface area contributed by atoms with E-state index in [1.807, 2.05) is 25.1 Å². The lowest BCUT2D eigenvalue weighted by molar-refractivity contribution is -0.119. The molecule has 0 aliphatic heterocycles. The first-order chi connectivity index (χ1) is 13.0. The summed E-state index contributed by atoms with van der Waals surface area (Å²) in [5, 5.41) is 3.38. The number of amides is 1. The van der Waals surface area contributed by atoms with Crippen LogP contribution < -0.4 is 14.8 Å². The van der Waals surface area contributed by atoms with E-state index in [0.29, 0.717) is 27.8 Å². The Bertz CT molecular complexity index is 768. The molecule has 1 N–H and O–H groups in total. The molecule has 0 aromatic heterocycles. The maximum Gasteiger partial charge on any atom is 0.230 e. The Labute approximate surface area is 168 Å². The van der Waals surface area contributed by atoms with Gasteiger partial charge in [-0.2, -0.15) is 0 Å². The van der Waals surface area contributed by atoms with Crippen molar-refractivity contribution in [3.63, 3.8) is 0 Å². The Kier molecular flexibility index (Phi) is 8.25. The van der Waals surface area contributed by atoms with Gasteiger partial charge >= 0.3 is 0 Å². The minimum absolute atomic E-state index is 0.117. The van der Waals surface area contributed by atoms with Gasteiger partial charge in [0.15, 0.2) is 11.5 Å². The van der Waals surface area contributed by atoms with Gasteiger partial charge in [-0.25, -0.2) is 4.39 Å². The van der Waals surface area contributed by atoms with Crippen LogP contribution in [0.2, 0.25) is 5.02 Å². The molecule has 0 saturated heterocycles. The molecule has 0 fully saturated rings. The first-order valence-corrected chi connectivity index (χ1v) is 10.0. The van der Waals surface area contributed by atoms with Crippen LogP contribution in [-0.2, 0) is 10.5 Å². The van der Waals surface area contributed by atoms with Gasteiger partial charge in [0.05, 0.1) is 26.0 Å². The maximum absolute atomic E-state index is 13.8. The van der Waals surface area contributed by atoms with Crippen LogP contribution >= 0.6 is 23.4 Å². The van der Waals surface area contributed by atoms with Crippen molar-refractivity contribution in [1.29, 1.82) is 0 Å². The number of methoxy groups -OCH3 is 2. The van der Waals surface area contributed by atoms with Crippen molar-refractivity contribution in [3.8, 4) is 11.5 Å². The Morgan fingerprint density at radius 1 is 1.22 bits per heavy atom. The fourth-order valence-electron chi connectivity index (χ4n) is 2.64. The van der Waals surface area contributed by atoms with Gasteiger partial charge in [-0.1, -0.05) is 30.7 Å². The topological polar surface area (TPSA) is 47.6 Å². The largest absolute Gasteiger partial charge is 0.493 e. The predicted octanol–water partition coefficient (Wildman–Crippen LogP) is 5.00. The number of carbonyl (C=O) groups is 1. The van der Waals surface area contributed by atoms with Crippen molar-refractivity contribution in [2.75, 3.05) is 20.0 Å². The Hall–Kier alpha value is -1.92. The van der Waals surface area contributed by atoms with Gasteiger partial charge in [-0.3, -0.25) is 4.79 Å². The van der Waals surface area contributed by atoms with Crippen LogP contribution in [0.5, 0.6) is 11.5 Å². The molecule has 146 valence electrons. The molecule has 0 heterocycles. The Morgan fingerprint density at radius 3 is 2.59 bits per heavy atom. The highest BCUT2D eigenvalue weighted by atomic mass is 35.5. The van der Waals surface area contributed by atoms with Crippen LogP contribution in [0.25, 0.3) is 0 Å². The van der Waals surface area contributed by atoms with E-state index in [2.05, 4.69) is 5.32 Å². The number of hydrogen-bond acceptors (Lipinski definition) is 4. The molecular formula is C20H23ClFNO3S. The van der Waals surface area contributed by atoms with Crippen LogP contribution in [0.1, 0.15) is 30.5 Å². The molecule has 2 aromatic rings. The van der Waals surface area contributed by atoms with Crippen molar-refractivity contribution in [3.05, 3.63) is 58.4 Å². The van der Waals surface area contributed by atoms with Crippen LogP contribution in [0.4, 0.5) is 4.39 Å². The van der Waals surface area contributed by atoms with Gasteiger partial charge in [-0.15, -0.1) is 11.8 Å². The highest BCUT2D eigenvalue weighted by molar-refractivity contribution is 7.99. The lowest BCUT2D eigenvalue weighted by Crippen LogP contribution is -2.29. The average Bonchev–Trinajstić information content (AvgIpc) is 2.67. The quantitative estimate of drug-likeness (QED) is 0.631. The first kappa shape index (κ1) is 21.4. The van der Waals surface area contributed by atoms with Crippen molar-refractivity contribution >= 4 is 29.3 Å². The third-order valence-electron chi connectivity index (χ3n) is 4.09. The Morgan fingerprint density at radius 2 is 1.96 bits per heavy atom. The summed E-state index contributed by atoms with van der Waals surface area (Å²) in [6, 6.07) is 10.0. The van der Waals surface area contributed by atoms with Crippen LogP contribution in [0, 0.1) is 5.82 Å². The molecule has 1 amide bonds. The summed E-state index contributed by atoms with van der Waals surface area (Å²) in [6.45, 7) is 1.99. The summed E-state index contributed by atoms with van der Waals surface area (Å²) in [5.74, 6) is 1.34. The SMILES string of the molecule is CC[C@H](NC(=O)CSCc1c(F)cccc1Cl)c1ccc(OC)c(OC)c1. The molecule has 1 atom stereocenters. The first-order valence-electron chi connectivity index (χ1n) is 8.52. The second kappa shape index (κ2) is 10.4. The second-order valence-electron chi connectivity index (χ2n) is 5.84.